The summed E-state index contributed by atoms with van der Waals surface area (Å²) in [6, 6.07) is 13.0. The van der Waals surface area contributed by atoms with Crippen LogP contribution in [0.15, 0.2) is 65.8 Å². The van der Waals surface area contributed by atoms with E-state index >= 15 is 0 Å². The Morgan fingerprint density at radius 3 is 2.46 bits per heavy atom. The molecule has 0 aliphatic carbocycles. The largest absolute Gasteiger partial charge is 0.508 e. The third-order valence-electron chi connectivity index (χ3n) is 4.75. The van der Waals surface area contributed by atoms with Crippen molar-refractivity contribution in [2.24, 2.45) is 5.92 Å². The molecule has 7 heteroatoms. The quantitative estimate of drug-likeness (QED) is 0.788. The van der Waals surface area contributed by atoms with Crippen LogP contribution >= 0.6 is 11.6 Å². The zero-order valence-corrected chi connectivity index (χ0v) is 15.9. The van der Waals surface area contributed by atoms with Crippen LogP contribution < -0.4 is 0 Å². The molecule has 3 rings (SSSR count). The summed E-state index contributed by atoms with van der Waals surface area (Å²) in [7, 11) is -2.17. The molecule has 138 valence electrons. The van der Waals surface area contributed by atoms with Gasteiger partial charge in [-0.3, -0.25) is 0 Å². The van der Waals surface area contributed by atoms with Gasteiger partial charge in [-0.2, -0.15) is 4.31 Å². The maximum Gasteiger partial charge on any atom is 0.243 e. The number of halogens is 1. The summed E-state index contributed by atoms with van der Waals surface area (Å²) < 4.78 is 32.7. The van der Waals surface area contributed by atoms with Crippen LogP contribution in [0.1, 0.15) is 11.5 Å². The van der Waals surface area contributed by atoms with Gasteiger partial charge in [0.2, 0.25) is 10.0 Å². The van der Waals surface area contributed by atoms with Gasteiger partial charge in [-0.25, -0.2) is 8.42 Å². The number of phenols is 1. The van der Waals surface area contributed by atoms with E-state index in [9.17, 15) is 13.5 Å². The van der Waals surface area contributed by atoms with Crippen molar-refractivity contribution in [1.29, 1.82) is 0 Å². The topological polar surface area (TPSA) is 66.8 Å². The Labute approximate surface area is 158 Å². The lowest BCUT2D eigenvalue weighted by Crippen LogP contribution is -2.29. The van der Waals surface area contributed by atoms with Crippen molar-refractivity contribution in [2.45, 2.75) is 10.8 Å². The summed E-state index contributed by atoms with van der Waals surface area (Å²) in [5.41, 5.74) is 0.685. The molecule has 26 heavy (non-hydrogen) atoms. The van der Waals surface area contributed by atoms with Crippen LogP contribution in [0.5, 0.6) is 5.75 Å². The van der Waals surface area contributed by atoms with Crippen LogP contribution in [0.2, 0.25) is 5.02 Å². The molecule has 1 N–H and O–H groups in total. The van der Waals surface area contributed by atoms with Gasteiger partial charge in [-0.15, -0.1) is 0 Å². The van der Waals surface area contributed by atoms with E-state index in [-0.39, 0.29) is 35.6 Å². The summed E-state index contributed by atoms with van der Waals surface area (Å²) in [5, 5.41) is 10.7. The molecule has 0 amide bonds. The number of nitrogens with zero attached hydrogens (tertiary/aromatic N) is 1. The molecule has 5 nitrogen and oxygen atoms in total. The standard InChI is InChI=1S/C19H20ClNO4S/c1-13(25-2)17-11-21(12-18(17)16-5-3-4-6-19(16)22)26(23,24)15-9-7-14(20)8-10-15/h3-10,17-18,22H,1,11-12H2,2H3/t17-,18+/m1/s1. The van der Waals surface area contributed by atoms with E-state index in [0.29, 0.717) is 16.3 Å². The van der Waals surface area contributed by atoms with E-state index in [2.05, 4.69) is 6.58 Å². The first kappa shape index (κ1) is 18.8. The predicted molar refractivity (Wildman–Crippen MR) is 101 cm³/mol. The van der Waals surface area contributed by atoms with Gasteiger partial charge in [0, 0.05) is 29.9 Å². The maximum atomic E-state index is 13.0. The van der Waals surface area contributed by atoms with Gasteiger partial charge in [0.25, 0.3) is 0 Å². The lowest BCUT2D eigenvalue weighted by molar-refractivity contribution is 0.239. The smallest absolute Gasteiger partial charge is 0.243 e. The highest BCUT2D eigenvalue weighted by atomic mass is 35.5. The fraction of sp³-hybridized carbons (Fsp3) is 0.263. The van der Waals surface area contributed by atoms with Gasteiger partial charge in [0.05, 0.1) is 17.8 Å². The average Bonchev–Trinajstić information content (AvgIpc) is 3.08. The van der Waals surface area contributed by atoms with Crippen LogP contribution in [0.4, 0.5) is 0 Å². The van der Waals surface area contributed by atoms with E-state index in [4.69, 9.17) is 16.3 Å². The van der Waals surface area contributed by atoms with Crippen molar-refractivity contribution in [3.8, 4) is 5.75 Å². The third-order valence-corrected chi connectivity index (χ3v) is 6.85. The molecule has 1 heterocycles. The highest BCUT2D eigenvalue weighted by molar-refractivity contribution is 7.89. The number of phenolic OH excluding ortho intramolecular Hbond substituents is 1. The van der Waals surface area contributed by atoms with Crippen molar-refractivity contribution in [3.05, 3.63) is 71.5 Å². The van der Waals surface area contributed by atoms with E-state index < -0.39 is 10.0 Å². The first-order chi connectivity index (χ1) is 12.3. The minimum absolute atomic E-state index is 0.136. The van der Waals surface area contributed by atoms with Crippen molar-refractivity contribution < 1.29 is 18.3 Å². The molecule has 1 aliphatic heterocycles. The van der Waals surface area contributed by atoms with Crippen LogP contribution in [0.25, 0.3) is 0 Å². The van der Waals surface area contributed by atoms with Crippen molar-refractivity contribution >= 4 is 21.6 Å². The highest BCUT2D eigenvalue weighted by Crippen LogP contribution is 2.42. The van der Waals surface area contributed by atoms with E-state index in [0.717, 1.165) is 0 Å². The Morgan fingerprint density at radius 1 is 1.19 bits per heavy atom. The SMILES string of the molecule is C=C(OC)[C@H]1CN(S(=O)(=O)c2ccc(Cl)cc2)C[C@H]1c1ccccc1O. The van der Waals surface area contributed by atoms with Gasteiger partial charge < -0.3 is 9.84 Å². The molecular formula is C19H20ClNO4S. The summed E-state index contributed by atoms with van der Waals surface area (Å²) in [4.78, 5) is 0.182. The van der Waals surface area contributed by atoms with E-state index in [1.807, 2.05) is 6.07 Å². The molecule has 0 unspecified atom stereocenters. The maximum absolute atomic E-state index is 13.0. The molecule has 0 saturated carbocycles. The van der Waals surface area contributed by atoms with Crippen molar-refractivity contribution in [3.63, 3.8) is 0 Å². The second kappa shape index (κ2) is 7.31. The van der Waals surface area contributed by atoms with Crippen LogP contribution in [-0.2, 0) is 14.8 Å². The monoisotopic (exact) mass is 393 g/mol. The molecule has 0 spiro atoms. The molecule has 2 atom stereocenters. The third kappa shape index (κ3) is 3.45. The zero-order chi connectivity index (χ0) is 18.9. The molecule has 0 bridgehead atoms. The summed E-state index contributed by atoms with van der Waals surface area (Å²) in [5.74, 6) is 0.130. The van der Waals surface area contributed by atoms with E-state index in [1.165, 1.54) is 23.5 Å². The number of para-hydroxylation sites is 1. The minimum Gasteiger partial charge on any atom is -0.508 e. The number of hydrogen-bond acceptors (Lipinski definition) is 4. The number of rotatable bonds is 5. The summed E-state index contributed by atoms with van der Waals surface area (Å²) >= 11 is 5.86. The number of hydrogen-bond donors (Lipinski definition) is 1. The summed E-state index contributed by atoms with van der Waals surface area (Å²) in [6.07, 6.45) is 0. The Bertz CT molecular complexity index is 911. The second-order valence-corrected chi connectivity index (χ2v) is 8.59. The predicted octanol–water partition coefficient (Wildman–Crippen LogP) is 3.61. The summed E-state index contributed by atoms with van der Waals surface area (Å²) in [6.45, 7) is 4.38. The first-order valence-corrected chi connectivity index (χ1v) is 9.92. The second-order valence-electron chi connectivity index (χ2n) is 6.22. The minimum atomic E-state index is -3.69. The van der Waals surface area contributed by atoms with E-state index in [1.54, 1.807) is 30.3 Å². The lowest BCUT2D eigenvalue weighted by Gasteiger charge is -2.20. The molecule has 1 fully saturated rings. The Balaban J connectivity index is 1.97. The van der Waals surface area contributed by atoms with Gasteiger partial charge in [-0.05, 0) is 35.9 Å². The molecule has 1 aliphatic rings. The van der Waals surface area contributed by atoms with Crippen LogP contribution in [-0.4, -0.2) is 38.0 Å². The average molecular weight is 394 g/mol. The number of aromatic hydroxyl groups is 1. The molecular weight excluding hydrogens is 374 g/mol. The molecule has 2 aromatic rings. The van der Waals surface area contributed by atoms with Gasteiger partial charge in [-0.1, -0.05) is 36.4 Å². The van der Waals surface area contributed by atoms with Crippen LogP contribution in [0, 0.1) is 5.92 Å². The number of benzene rings is 2. The Morgan fingerprint density at radius 2 is 1.85 bits per heavy atom. The van der Waals surface area contributed by atoms with Crippen molar-refractivity contribution in [2.75, 3.05) is 20.2 Å². The van der Waals surface area contributed by atoms with Crippen LogP contribution in [0.3, 0.4) is 0 Å². The molecule has 1 saturated heterocycles. The zero-order valence-electron chi connectivity index (χ0n) is 14.3. The fourth-order valence-electron chi connectivity index (χ4n) is 3.31. The normalized spacial score (nSPS) is 20.8. The van der Waals surface area contributed by atoms with Gasteiger partial charge in [0.15, 0.2) is 0 Å². The number of methoxy groups -OCH3 is 1. The fourth-order valence-corrected chi connectivity index (χ4v) is 4.93. The first-order valence-electron chi connectivity index (χ1n) is 8.11. The number of sulfonamides is 1. The van der Waals surface area contributed by atoms with Gasteiger partial charge in [0.1, 0.15) is 5.75 Å². The molecule has 0 aromatic heterocycles. The van der Waals surface area contributed by atoms with Gasteiger partial charge >= 0.3 is 0 Å². The Kier molecular flexibility index (Phi) is 5.27. The molecule has 2 aromatic carbocycles. The highest BCUT2D eigenvalue weighted by Gasteiger charge is 2.42. The molecule has 0 radical (unpaired) electrons. The van der Waals surface area contributed by atoms with Crippen molar-refractivity contribution in [1.82, 2.24) is 4.31 Å². The number of ether oxygens (including phenoxy) is 1. The Hall–Kier alpha value is -2.02. The lowest BCUT2D eigenvalue weighted by atomic mass is 9.87.